The van der Waals surface area contributed by atoms with Crippen molar-refractivity contribution in [3.63, 3.8) is 0 Å². The van der Waals surface area contributed by atoms with Gasteiger partial charge in [0.15, 0.2) is 0 Å². The van der Waals surface area contributed by atoms with Crippen LogP contribution in [-0.2, 0) is 11.3 Å². The molecule has 1 atom stereocenters. The molecule has 1 unspecified atom stereocenters. The number of ether oxygens (including phenoxy) is 1. The molecule has 3 aromatic rings. The van der Waals surface area contributed by atoms with Crippen LogP contribution in [0.4, 0.5) is 11.4 Å². The van der Waals surface area contributed by atoms with E-state index in [0.29, 0.717) is 23.0 Å². The Labute approximate surface area is 184 Å². The fourth-order valence-corrected chi connectivity index (χ4v) is 3.35. The van der Waals surface area contributed by atoms with Crippen LogP contribution in [-0.4, -0.2) is 13.0 Å². The highest BCUT2D eigenvalue weighted by atomic mass is 79.9. The van der Waals surface area contributed by atoms with Gasteiger partial charge < -0.3 is 15.4 Å². The molecule has 3 rings (SSSR count). The second-order valence-electron chi connectivity index (χ2n) is 6.62. The normalized spacial score (nSPS) is 11.6. The molecule has 6 heteroatoms. The first-order valence-corrected chi connectivity index (χ1v) is 10.4. The van der Waals surface area contributed by atoms with Crippen molar-refractivity contribution in [1.29, 1.82) is 0 Å². The van der Waals surface area contributed by atoms with Gasteiger partial charge >= 0.3 is 0 Å². The number of halogens is 2. The summed E-state index contributed by atoms with van der Waals surface area (Å²) in [6.45, 7) is 2.42. The molecule has 150 valence electrons. The van der Waals surface area contributed by atoms with E-state index in [4.69, 9.17) is 16.3 Å². The van der Waals surface area contributed by atoms with E-state index < -0.39 is 0 Å². The average Bonchev–Trinajstić information content (AvgIpc) is 2.73. The van der Waals surface area contributed by atoms with Crippen molar-refractivity contribution in [3.05, 3.63) is 87.4 Å². The zero-order valence-electron chi connectivity index (χ0n) is 16.2. The van der Waals surface area contributed by atoms with Gasteiger partial charge in [0.05, 0.1) is 24.4 Å². The second-order valence-corrected chi connectivity index (χ2v) is 7.94. The van der Waals surface area contributed by atoms with Gasteiger partial charge in [0.25, 0.3) is 0 Å². The quantitative estimate of drug-likeness (QED) is 0.414. The minimum atomic E-state index is -0.300. The molecule has 0 saturated carbocycles. The Morgan fingerprint density at radius 1 is 1.07 bits per heavy atom. The van der Waals surface area contributed by atoms with Gasteiger partial charge in [0.2, 0.25) is 5.91 Å². The van der Waals surface area contributed by atoms with Gasteiger partial charge in [-0.2, -0.15) is 0 Å². The largest absolute Gasteiger partial charge is 0.497 e. The van der Waals surface area contributed by atoms with Crippen molar-refractivity contribution in [2.24, 2.45) is 0 Å². The lowest BCUT2D eigenvalue weighted by Crippen LogP contribution is -2.19. The standard InChI is InChI=1S/C23H22BrClN2O2/c1-15(16-7-9-18(24)10-8-16)23(28)27-22-13-19(29-2)11-12-21(22)26-14-17-5-3-4-6-20(17)25/h3-13,15,26H,14H2,1-2H3,(H,27,28). The molecular formula is C23H22BrClN2O2. The average molecular weight is 474 g/mol. The van der Waals surface area contributed by atoms with E-state index in [9.17, 15) is 4.79 Å². The number of hydrogen-bond donors (Lipinski definition) is 2. The van der Waals surface area contributed by atoms with Crippen LogP contribution in [0.5, 0.6) is 5.75 Å². The third-order valence-corrected chi connectivity index (χ3v) is 5.57. The SMILES string of the molecule is COc1ccc(NCc2ccccc2Cl)c(NC(=O)C(C)c2ccc(Br)cc2)c1. The summed E-state index contributed by atoms with van der Waals surface area (Å²) in [5, 5.41) is 7.07. The van der Waals surface area contributed by atoms with Crippen LogP contribution in [0.1, 0.15) is 24.0 Å². The number of carbonyl (C=O) groups excluding carboxylic acids is 1. The first-order chi connectivity index (χ1) is 14.0. The van der Waals surface area contributed by atoms with Crippen molar-refractivity contribution in [1.82, 2.24) is 0 Å². The number of hydrogen-bond acceptors (Lipinski definition) is 3. The molecule has 0 bridgehead atoms. The summed E-state index contributed by atoms with van der Waals surface area (Å²) >= 11 is 9.67. The van der Waals surface area contributed by atoms with E-state index in [1.807, 2.05) is 67.6 Å². The van der Waals surface area contributed by atoms with E-state index in [0.717, 1.165) is 21.3 Å². The van der Waals surface area contributed by atoms with Crippen LogP contribution in [0.2, 0.25) is 5.02 Å². The summed E-state index contributed by atoms with van der Waals surface area (Å²) < 4.78 is 6.31. The predicted octanol–water partition coefficient (Wildman–Crippen LogP) is 6.47. The van der Waals surface area contributed by atoms with Crippen molar-refractivity contribution < 1.29 is 9.53 Å². The fraction of sp³-hybridized carbons (Fsp3) is 0.174. The van der Waals surface area contributed by atoms with Crippen molar-refractivity contribution in [3.8, 4) is 5.75 Å². The van der Waals surface area contributed by atoms with E-state index in [-0.39, 0.29) is 11.8 Å². The molecule has 0 aliphatic carbocycles. The molecule has 29 heavy (non-hydrogen) atoms. The maximum Gasteiger partial charge on any atom is 0.231 e. The molecule has 2 N–H and O–H groups in total. The Bertz CT molecular complexity index is 992. The Morgan fingerprint density at radius 2 is 1.79 bits per heavy atom. The lowest BCUT2D eigenvalue weighted by molar-refractivity contribution is -0.117. The second kappa shape index (κ2) is 9.81. The molecule has 1 amide bonds. The van der Waals surface area contributed by atoms with Crippen LogP contribution < -0.4 is 15.4 Å². The van der Waals surface area contributed by atoms with E-state index in [2.05, 4.69) is 26.6 Å². The Hall–Kier alpha value is -2.50. The molecule has 3 aromatic carbocycles. The van der Waals surface area contributed by atoms with Crippen LogP contribution in [0.15, 0.2) is 71.2 Å². The molecule has 0 aliphatic heterocycles. The molecule has 0 heterocycles. The molecule has 0 saturated heterocycles. The maximum atomic E-state index is 12.9. The molecule has 0 fully saturated rings. The summed E-state index contributed by atoms with van der Waals surface area (Å²) in [5.74, 6) is 0.270. The predicted molar refractivity (Wildman–Crippen MR) is 123 cm³/mol. The lowest BCUT2D eigenvalue weighted by Gasteiger charge is -2.17. The van der Waals surface area contributed by atoms with Crippen molar-refractivity contribution in [2.75, 3.05) is 17.7 Å². The minimum Gasteiger partial charge on any atom is -0.497 e. The zero-order valence-corrected chi connectivity index (χ0v) is 18.5. The molecule has 0 aromatic heterocycles. The number of anilines is 2. The third kappa shape index (κ3) is 5.52. The summed E-state index contributed by atoms with van der Waals surface area (Å²) in [6, 6.07) is 20.9. The highest BCUT2D eigenvalue weighted by Gasteiger charge is 2.17. The van der Waals surface area contributed by atoms with Gasteiger partial charge in [0.1, 0.15) is 5.75 Å². The van der Waals surface area contributed by atoms with E-state index >= 15 is 0 Å². The molecule has 0 aliphatic rings. The summed E-state index contributed by atoms with van der Waals surface area (Å²) in [4.78, 5) is 12.9. The molecule has 4 nitrogen and oxygen atoms in total. The maximum absolute atomic E-state index is 12.9. The first kappa shape index (κ1) is 21.2. The van der Waals surface area contributed by atoms with Gasteiger partial charge in [-0.1, -0.05) is 57.9 Å². The molecule has 0 spiro atoms. The van der Waals surface area contributed by atoms with Crippen molar-refractivity contribution in [2.45, 2.75) is 19.4 Å². The van der Waals surface area contributed by atoms with Gasteiger partial charge in [-0.25, -0.2) is 0 Å². The highest BCUT2D eigenvalue weighted by molar-refractivity contribution is 9.10. The van der Waals surface area contributed by atoms with Gasteiger partial charge in [-0.15, -0.1) is 0 Å². The number of rotatable bonds is 7. The number of nitrogens with one attached hydrogen (secondary N) is 2. The number of amides is 1. The number of benzene rings is 3. The smallest absolute Gasteiger partial charge is 0.231 e. The van der Waals surface area contributed by atoms with Crippen LogP contribution in [0.3, 0.4) is 0 Å². The fourth-order valence-electron chi connectivity index (χ4n) is 2.88. The Morgan fingerprint density at radius 3 is 2.48 bits per heavy atom. The topological polar surface area (TPSA) is 50.4 Å². The van der Waals surface area contributed by atoms with Gasteiger partial charge in [-0.05, 0) is 48.4 Å². The molecular weight excluding hydrogens is 452 g/mol. The van der Waals surface area contributed by atoms with Crippen molar-refractivity contribution >= 4 is 44.8 Å². The van der Waals surface area contributed by atoms with Crippen LogP contribution in [0, 0.1) is 0 Å². The third-order valence-electron chi connectivity index (χ3n) is 4.68. The van der Waals surface area contributed by atoms with E-state index in [1.54, 1.807) is 13.2 Å². The summed E-state index contributed by atoms with van der Waals surface area (Å²) in [5.41, 5.74) is 3.37. The van der Waals surface area contributed by atoms with E-state index in [1.165, 1.54) is 0 Å². The van der Waals surface area contributed by atoms with Gasteiger partial charge in [0, 0.05) is 22.1 Å². The molecule has 0 radical (unpaired) electrons. The summed E-state index contributed by atoms with van der Waals surface area (Å²) in [6.07, 6.45) is 0. The van der Waals surface area contributed by atoms with Gasteiger partial charge in [-0.3, -0.25) is 4.79 Å². The number of methoxy groups -OCH3 is 1. The Balaban J connectivity index is 1.78. The van der Waals surface area contributed by atoms with Crippen LogP contribution in [0.25, 0.3) is 0 Å². The first-order valence-electron chi connectivity index (χ1n) is 9.19. The number of carbonyl (C=O) groups is 1. The zero-order chi connectivity index (χ0) is 20.8. The summed E-state index contributed by atoms with van der Waals surface area (Å²) in [7, 11) is 1.60. The minimum absolute atomic E-state index is 0.0960. The lowest BCUT2D eigenvalue weighted by atomic mass is 10.0. The van der Waals surface area contributed by atoms with Crippen LogP contribution >= 0.6 is 27.5 Å². The monoisotopic (exact) mass is 472 g/mol. The Kier molecular flexibility index (Phi) is 7.18. The highest BCUT2D eigenvalue weighted by Crippen LogP contribution is 2.30.